The van der Waals surface area contributed by atoms with Gasteiger partial charge >= 0.3 is 5.97 Å². The van der Waals surface area contributed by atoms with Crippen LogP contribution in [0.3, 0.4) is 0 Å². The maximum atomic E-state index is 13.1. The van der Waals surface area contributed by atoms with Gasteiger partial charge in [-0.2, -0.15) is 4.31 Å². The third kappa shape index (κ3) is 5.50. The Balaban J connectivity index is 1.51. The van der Waals surface area contributed by atoms with E-state index >= 15 is 0 Å². The highest BCUT2D eigenvalue weighted by atomic mass is 32.2. The van der Waals surface area contributed by atoms with Gasteiger partial charge in [0.1, 0.15) is 17.7 Å². The molecule has 1 saturated heterocycles. The number of methoxy groups -OCH3 is 1. The summed E-state index contributed by atoms with van der Waals surface area (Å²) in [5.74, 6) is 0.845. The van der Waals surface area contributed by atoms with Gasteiger partial charge in [0.25, 0.3) is 0 Å². The van der Waals surface area contributed by atoms with E-state index in [-0.39, 0.29) is 11.9 Å². The van der Waals surface area contributed by atoms with Gasteiger partial charge < -0.3 is 10.1 Å². The number of carbonyl (C=O) groups is 1. The molecule has 9 nitrogen and oxygen atoms in total. The fourth-order valence-corrected chi connectivity index (χ4v) is 6.04. The standard InChI is InChI=1S/C26H33N5O4S/c1-18(2)24(26(32)35-4)29-25-20-10-6-7-11-21(20)27-23(28-25)17-30-13-15-31(16-14-30)36(33,34)22-12-8-5-9-19(22)3/h5-12,18,24H,13-17H2,1-4H3,(H,27,28,29)/t24-/m0/s1. The maximum Gasteiger partial charge on any atom is 0.328 e. The van der Waals surface area contributed by atoms with Crippen molar-refractivity contribution in [1.82, 2.24) is 19.2 Å². The van der Waals surface area contributed by atoms with Crippen molar-refractivity contribution in [1.29, 1.82) is 0 Å². The van der Waals surface area contributed by atoms with Crippen molar-refractivity contribution in [3.63, 3.8) is 0 Å². The number of ether oxygens (including phenoxy) is 1. The second-order valence-electron chi connectivity index (χ2n) is 9.34. The summed E-state index contributed by atoms with van der Waals surface area (Å²) in [5.41, 5.74) is 1.52. The molecule has 2 aromatic carbocycles. The number of aromatic nitrogens is 2. The molecule has 1 aliphatic rings. The van der Waals surface area contributed by atoms with Gasteiger partial charge in [-0.15, -0.1) is 0 Å². The van der Waals surface area contributed by atoms with E-state index < -0.39 is 16.1 Å². The number of hydrogen-bond acceptors (Lipinski definition) is 8. The van der Waals surface area contributed by atoms with E-state index in [1.807, 2.05) is 57.2 Å². The van der Waals surface area contributed by atoms with Crippen molar-refractivity contribution >= 4 is 32.7 Å². The van der Waals surface area contributed by atoms with Crippen LogP contribution in [0.4, 0.5) is 5.82 Å². The summed E-state index contributed by atoms with van der Waals surface area (Å²) in [4.78, 5) is 24.3. The number of anilines is 1. The molecule has 0 saturated carbocycles. The Hall–Kier alpha value is -3.08. The van der Waals surface area contributed by atoms with Crippen LogP contribution < -0.4 is 5.32 Å². The maximum absolute atomic E-state index is 13.1. The van der Waals surface area contributed by atoms with E-state index in [1.54, 1.807) is 16.4 Å². The van der Waals surface area contributed by atoms with E-state index in [1.165, 1.54) is 7.11 Å². The molecule has 0 amide bonds. The number of para-hydroxylation sites is 1. The minimum atomic E-state index is -3.54. The van der Waals surface area contributed by atoms with Crippen molar-refractivity contribution in [2.75, 3.05) is 38.6 Å². The molecule has 1 fully saturated rings. The molecule has 0 unspecified atom stereocenters. The Labute approximate surface area is 212 Å². The summed E-state index contributed by atoms with van der Waals surface area (Å²) < 4.78 is 32.8. The van der Waals surface area contributed by atoms with Crippen molar-refractivity contribution in [3.8, 4) is 0 Å². The van der Waals surface area contributed by atoms with Crippen LogP contribution in [0, 0.1) is 12.8 Å². The molecule has 36 heavy (non-hydrogen) atoms. The van der Waals surface area contributed by atoms with Crippen molar-refractivity contribution in [2.24, 2.45) is 5.92 Å². The van der Waals surface area contributed by atoms with Gasteiger partial charge in [0.05, 0.1) is 24.1 Å². The third-order valence-corrected chi connectivity index (χ3v) is 8.53. The molecule has 1 atom stereocenters. The average molecular weight is 512 g/mol. The summed E-state index contributed by atoms with van der Waals surface area (Å²) in [6, 6.07) is 14.2. The summed E-state index contributed by atoms with van der Waals surface area (Å²) in [5, 5.41) is 4.09. The lowest BCUT2D eigenvalue weighted by atomic mass is 10.0. The number of rotatable bonds is 8. The molecule has 0 radical (unpaired) electrons. The van der Waals surface area contributed by atoms with E-state index in [4.69, 9.17) is 14.7 Å². The van der Waals surface area contributed by atoms with Crippen molar-refractivity contribution < 1.29 is 17.9 Å². The van der Waals surface area contributed by atoms with Crippen LogP contribution in [-0.4, -0.2) is 72.9 Å². The lowest BCUT2D eigenvalue weighted by Gasteiger charge is -2.33. The number of sulfonamides is 1. The topological polar surface area (TPSA) is 105 Å². The molecular weight excluding hydrogens is 478 g/mol. The van der Waals surface area contributed by atoms with Crippen molar-refractivity contribution in [2.45, 2.75) is 38.3 Å². The molecule has 0 aliphatic carbocycles. The molecule has 1 N–H and O–H groups in total. The summed E-state index contributed by atoms with van der Waals surface area (Å²) in [6.45, 7) is 8.12. The monoisotopic (exact) mass is 511 g/mol. The molecule has 2 heterocycles. The normalized spacial score (nSPS) is 16.2. The van der Waals surface area contributed by atoms with Gasteiger partial charge in [-0.05, 0) is 36.6 Å². The minimum Gasteiger partial charge on any atom is -0.467 e. The lowest BCUT2D eigenvalue weighted by Crippen LogP contribution is -2.48. The molecule has 0 spiro atoms. The number of hydrogen-bond donors (Lipinski definition) is 1. The highest BCUT2D eigenvalue weighted by Crippen LogP contribution is 2.24. The number of benzene rings is 2. The predicted molar refractivity (Wildman–Crippen MR) is 139 cm³/mol. The highest BCUT2D eigenvalue weighted by Gasteiger charge is 2.30. The summed E-state index contributed by atoms with van der Waals surface area (Å²) >= 11 is 0. The quantitative estimate of drug-likeness (QED) is 0.460. The molecule has 1 aliphatic heterocycles. The molecular formula is C26H33N5O4S. The largest absolute Gasteiger partial charge is 0.467 e. The zero-order chi connectivity index (χ0) is 25.9. The van der Waals surface area contributed by atoms with Crippen molar-refractivity contribution in [3.05, 3.63) is 59.9 Å². The zero-order valence-corrected chi connectivity index (χ0v) is 22.0. The van der Waals surface area contributed by atoms with E-state index in [0.717, 1.165) is 16.5 Å². The molecule has 0 bridgehead atoms. The fourth-order valence-electron chi connectivity index (χ4n) is 4.39. The van der Waals surface area contributed by atoms with Gasteiger partial charge in [0, 0.05) is 31.6 Å². The highest BCUT2D eigenvalue weighted by molar-refractivity contribution is 7.89. The van der Waals surface area contributed by atoms with Crippen LogP contribution in [0.5, 0.6) is 0 Å². The third-order valence-electron chi connectivity index (χ3n) is 6.47. The van der Waals surface area contributed by atoms with Gasteiger partial charge in [-0.3, -0.25) is 4.90 Å². The smallest absolute Gasteiger partial charge is 0.328 e. The lowest BCUT2D eigenvalue weighted by molar-refractivity contribution is -0.142. The Bertz CT molecular complexity index is 1340. The molecule has 3 aromatic rings. The van der Waals surface area contributed by atoms with Crippen LogP contribution >= 0.6 is 0 Å². The Kier molecular flexibility index (Phi) is 7.87. The van der Waals surface area contributed by atoms with Gasteiger partial charge in [-0.25, -0.2) is 23.2 Å². The number of piperazine rings is 1. The first kappa shape index (κ1) is 26.0. The minimum absolute atomic E-state index is 0.00194. The summed E-state index contributed by atoms with van der Waals surface area (Å²) in [6.07, 6.45) is 0. The van der Waals surface area contributed by atoms with Gasteiger partial charge in [-0.1, -0.05) is 44.2 Å². The second kappa shape index (κ2) is 10.9. The number of fused-ring (bicyclic) bond motifs is 1. The van der Waals surface area contributed by atoms with Crippen LogP contribution in [0.2, 0.25) is 0 Å². The SMILES string of the molecule is COC(=O)[C@@H](Nc1nc(CN2CCN(S(=O)(=O)c3ccccc3C)CC2)nc2ccccc12)C(C)C. The number of nitrogens with one attached hydrogen (secondary N) is 1. The Morgan fingerprint density at radius 2 is 1.69 bits per heavy atom. The van der Waals surface area contributed by atoms with Gasteiger partial charge in [0.15, 0.2) is 0 Å². The van der Waals surface area contributed by atoms with E-state index in [0.29, 0.717) is 49.3 Å². The average Bonchev–Trinajstić information content (AvgIpc) is 2.87. The Morgan fingerprint density at radius 3 is 2.36 bits per heavy atom. The van der Waals surface area contributed by atoms with Crippen LogP contribution in [0.25, 0.3) is 10.9 Å². The van der Waals surface area contributed by atoms with Gasteiger partial charge in [0.2, 0.25) is 10.0 Å². The number of esters is 1. The first-order chi connectivity index (χ1) is 17.2. The number of aryl methyl sites for hydroxylation is 1. The summed E-state index contributed by atoms with van der Waals surface area (Å²) in [7, 11) is -2.16. The Morgan fingerprint density at radius 1 is 1.03 bits per heavy atom. The van der Waals surface area contributed by atoms with Crippen LogP contribution in [0.15, 0.2) is 53.4 Å². The van der Waals surface area contributed by atoms with Crippen LogP contribution in [0.1, 0.15) is 25.2 Å². The first-order valence-electron chi connectivity index (χ1n) is 12.1. The molecule has 10 heteroatoms. The predicted octanol–water partition coefficient (Wildman–Crippen LogP) is 3.05. The number of carbonyl (C=O) groups excluding carboxylic acids is 1. The fraction of sp³-hybridized carbons (Fsp3) is 0.423. The molecule has 4 rings (SSSR count). The second-order valence-corrected chi connectivity index (χ2v) is 11.2. The molecule has 1 aromatic heterocycles. The number of nitrogens with zero attached hydrogens (tertiary/aromatic N) is 4. The molecule has 192 valence electrons. The van der Waals surface area contributed by atoms with E-state index in [2.05, 4.69) is 10.2 Å². The van der Waals surface area contributed by atoms with Crippen LogP contribution in [-0.2, 0) is 26.1 Å². The zero-order valence-electron chi connectivity index (χ0n) is 21.1. The first-order valence-corrected chi connectivity index (χ1v) is 13.5. The van der Waals surface area contributed by atoms with E-state index in [9.17, 15) is 13.2 Å².